The van der Waals surface area contributed by atoms with Crippen molar-refractivity contribution in [3.63, 3.8) is 0 Å². The molecule has 0 radical (unpaired) electrons. The van der Waals surface area contributed by atoms with E-state index < -0.39 is 11.7 Å². The van der Waals surface area contributed by atoms with Gasteiger partial charge in [0, 0.05) is 32.7 Å². The molecule has 1 aromatic heterocycles. The lowest BCUT2D eigenvalue weighted by Gasteiger charge is -2.34. The quantitative estimate of drug-likeness (QED) is 0.636. The first-order valence-electron chi connectivity index (χ1n) is 10.4. The average Bonchev–Trinajstić information content (AvgIpc) is 3.12. The Hall–Kier alpha value is -2.49. The summed E-state index contributed by atoms with van der Waals surface area (Å²) in [4.78, 5) is 41.7. The molecular formula is C22H26ClFN4O3S. The summed E-state index contributed by atoms with van der Waals surface area (Å²) in [6.45, 7) is 7.15. The molecule has 172 valence electrons. The Balaban J connectivity index is 1.58. The first-order valence-corrected chi connectivity index (χ1v) is 11.6. The van der Waals surface area contributed by atoms with E-state index in [9.17, 15) is 18.8 Å². The zero-order valence-electron chi connectivity index (χ0n) is 18.0. The Morgan fingerprint density at radius 2 is 1.88 bits per heavy atom. The highest BCUT2D eigenvalue weighted by atomic mass is 35.5. The third-order valence-electron chi connectivity index (χ3n) is 5.12. The average molecular weight is 481 g/mol. The Bertz CT molecular complexity index is 1010. The minimum absolute atomic E-state index is 0.00219. The normalized spacial score (nSPS) is 14.3. The number of carbonyl (C=O) groups excluding carboxylic acids is 3. The fourth-order valence-corrected chi connectivity index (χ4v) is 4.67. The number of nitrogens with zero attached hydrogens (tertiary/aromatic N) is 2. The van der Waals surface area contributed by atoms with Crippen molar-refractivity contribution in [1.82, 2.24) is 15.1 Å². The number of piperazine rings is 1. The molecule has 0 spiro atoms. The largest absolute Gasteiger partial charge is 0.355 e. The van der Waals surface area contributed by atoms with Crippen molar-refractivity contribution in [1.29, 1.82) is 0 Å². The molecule has 3 rings (SSSR count). The zero-order valence-corrected chi connectivity index (χ0v) is 19.6. The lowest BCUT2D eigenvalue weighted by atomic mass is 10.2. The number of hydrogen-bond acceptors (Lipinski definition) is 5. The monoisotopic (exact) mass is 480 g/mol. The van der Waals surface area contributed by atoms with Crippen molar-refractivity contribution in [3.05, 3.63) is 51.1 Å². The maximum absolute atomic E-state index is 13.2. The Morgan fingerprint density at radius 3 is 2.53 bits per heavy atom. The number of nitrogens with one attached hydrogen (secondary N) is 2. The summed E-state index contributed by atoms with van der Waals surface area (Å²) < 4.78 is 13.2. The molecule has 0 unspecified atom stereocenters. The molecule has 2 aromatic rings. The summed E-state index contributed by atoms with van der Waals surface area (Å²) in [6, 6.07) is 5.31. The highest BCUT2D eigenvalue weighted by molar-refractivity contribution is 7.18. The number of benzene rings is 1. The van der Waals surface area contributed by atoms with Crippen molar-refractivity contribution in [2.75, 3.05) is 44.6 Å². The summed E-state index contributed by atoms with van der Waals surface area (Å²) in [5.74, 6) is -1.08. The van der Waals surface area contributed by atoms with Gasteiger partial charge in [0.1, 0.15) is 5.82 Å². The third kappa shape index (κ3) is 6.05. The third-order valence-corrected chi connectivity index (χ3v) is 6.58. The summed E-state index contributed by atoms with van der Waals surface area (Å²) >= 11 is 7.16. The van der Waals surface area contributed by atoms with Crippen LogP contribution in [-0.4, -0.2) is 66.8 Å². The second-order valence-electron chi connectivity index (χ2n) is 7.62. The predicted octanol–water partition coefficient (Wildman–Crippen LogP) is 3.39. The van der Waals surface area contributed by atoms with Gasteiger partial charge < -0.3 is 15.5 Å². The van der Waals surface area contributed by atoms with E-state index in [2.05, 4.69) is 10.6 Å². The molecule has 10 heteroatoms. The molecule has 32 heavy (non-hydrogen) atoms. The predicted molar refractivity (Wildman–Crippen MR) is 124 cm³/mol. The van der Waals surface area contributed by atoms with Crippen molar-refractivity contribution >= 4 is 45.7 Å². The first-order chi connectivity index (χ1) is 15.3. The van der Waals surface area contributed by atoms with Gasteiger partial charge in [-0.2, -0.15) is 0 Å². The number of thiophene rings is 1. The zero-order chi connectivity index (χ0) is 23.3. The van der Waals surface area contributed by atoms with Crippen LogP contribution in [0.1, 0.15) is 38.9 Å². The molecule has 2 N–H and O–H groups in total. The Morgan fingerprint density at radius 1 is 1.16 bits per heavy atom. The number of rotatable bonds is 7. The molecule has 7 nitrogen and oxygen atoms in total. The van der Waals surface area contributed by atoms with E-state index in [1.807, 2.05) is 18.7 Å². The number of hydrogen-bond donors (Lipinski definition) is 2. The molecule has 2 heterocycles. The van der Waals surface area contributed by atoms with Gasteiger partial charge in [-0.1, -0.05) is 18.5 Å². The second-order valence-corrected chi connectivity index (χ2v) is 9.08. The van der Waals surface area contributed by atoms with Gasteiger partial charge in [-0.3, -0.25) is 19.3 Å². The summed E-state index contributed by atoms with van der Waals surface area (Å²) in [7, 11) is 0. The maximum Gasteiger partial charge on any atom is 0.264 e. The highest BCUT2D eigenvalue weighted by Gasteiger charge is 2.26. The van der Waals surface area contributed by atoms with Crippen LogP contribution in [0.15, 0.2) is 24.3 Å². The van der Waals surface area contributed by atoms with Crippen molar-refractivity contribution < 1.29 is 18.8 Å². The van der Waals surface area contributed by atoms with Crippen LogP contribution in [-0.2, 0) is 4.79 Å². The van der Waals surface area contributed by atoms with E-state index in [0.717, 1.165) is 18.1 Å². The molecule has 1 saturated heterocycles. The van der Waals surface area contributed by atoms with Crippen LogP contribution in [0.25, 0.3) is 0 Å². The smallest absolute Gasteiger partial charge is 0.264 e. The summed E-state index contributed by atoms with van der Waals surface area (Å²) in [5, 5.41) is 6.13. The van der Waals surface area contributed by atoms with Gasteiger partial charge >= 0.3 is 0 Å². The highest BCUT2D eigenvalue weighted by Crippen LogP contribution is 2.29. The van der Waals surface area contributed by atoms with Gasteiger partial charge in [-0.05, 0) is 43.2 Å². The van der Waals surface area contributed by atoms with Crippen LogP contribution >= 0.6 is 22.9 Å². The molecule has 0 bridgehead atoms. The van der Waals surface area contributed by atoms with Gasteiger partial charge in [0.15, 0.2) is 0 Å². The molecule has 0 aliphatic carbocycles. The van der Waals surface area contributed by atoms with Gasteiger partial charge in [-0.25, -0.2) is 4.39 Å². The molecule has 3 amide bonds. The van der Waals surface area contributed by atoms with Crippen LogP contribution in [0.2, 0.25) is 5.02 Å². The molecule has 1 aromatic carbocycles. The number of carbonyl (C=O) groups is 3. The summed E-state index contributed by atoms with van der Waals surface area (Å²) in [6.07, 6.45) is 0.896. The minimum Gasteiger partial charge on any atom is -0.355 e. The lowest BCUT2D eigenvalue weighted by molar-refractivity contribution is -0.122. The van der Waals surface area contributed by atoms with E-state index in [-0.39, 0.29) is 22.4 Å². The van der Waals surface area contributed by atoms with E-state index in [1.54, 1.807) is 11.0 Å². The SMILES string of the molecule is CCCNC(=O)CN1CCN(C(=O)c2sc(NC(=O)c3ccc(F)cc3Cl)cc2C)CC1. The maximum atomic E-state index is 13.2. The minimum atomic E-state index is -0.520. The molecule has 0 saturated carbocycles. The van der Waals surface area contributed by atoms with Crippen LogP contribution in [0, 0.1) is 12.7 Å². The molecule has 1 aliphatic rings. The van der Waals surface area contributed by atoms with E-state index in [4.69, 9.17) is 11.6 Å². The molecule has 1 aliphatic heterocycles. The van der Waals surface area contributed by atoms with Crippen molar-refractivity contribution in [3.8, 4) is 0 Å². The Labute approximate surface area is 195 Å². The van der Waals surface area contributed by atoms with Gasteiger partial charge in [-0.15, -0.1) is 11.3 Å². The number of anilines is 1. The van der Waals surface area contributed by atoms with Crippen LogP contribution in [0.5, 0.6) is 0 Å². The van der Waals surface area contributed by atoms with Crippen LogP contribution in [0.3, 0.4) is 0 Å². The van der Waals surface area contributed by atoms with Gasteiger partial charge in [0.25, 0.3) is 11.8 Å². The summed E-state index contributed by atoms with van der Waals surface area (Å²) in [5.41, 5.74) is 0.924. The van der Waals surface area contributed by atoms with Crippen LogP contribution in [0.4, 0.5) is 9.39 Å². The lowest BCUT2D eigenvalue weighted by Crippen LogP contribution is -2.51. The van der Waals surface area contributed by atoms with E-state index >= 15 is 0 Å². The molecule has 1 fully saturated rings. The molecule has 0 atom stereocenters. The van der Waals surface area contributed by atoms with Gasteiger partial charge in [0.05, 0.1) is 27.0 Å². The fraction of sp³-hybridized carbons (Fsp3) is 0.409. The first kappa shape index (κ1) is 24.2. The van der Waals surface area contributed by atoms with E-state index in [0.29, 0.717) is 49.1 Å². The second kappa shape index (κ2) is 10.9. The standard InChI is InChI=1S/C22H26ClFN4O3S/c1-3-6-25-18(29)13-27-7-9-28(10-8-27)22(31)20-14(2)11-19(32-20)26-21(30)16-5-4-15(24)12-17(16)23/h4-5,11-12H,3,6-10,13H2,1-2H3,(H,25,29)(H,26,30). The van der Waals surface area contributed by atoms with Crippen molar-refractivity contribution in [2.45, 2.75) is 20.3 Å². The molecular weight excluding hydrogens is 455 g/mol. The topological polar surface area (TPSA) is 81.8 Å². The van der Waals surface area contributed by atoms with E-state index in [1.165, 1.54) is 23.5 Å². The fourth-order valence-electron chi connectivity index (χ4n) is 3.38. The number of halogens is 2. The van der Waals surface area contributed by atoms with Crippen molar-refractivity contribution in [2.24, 2.45) is 0 Å². The van der Waals surface area contributed by atoms with Crippen LogP contribution < -0.4 is 10.6 Å². The van der Waals surface area contributed by atoms with Gasteiger partial charge in [0.2, 0.25) is 5.91 Å². The Kier molecular flexibility index (Phi) is 8.22. The number of aryl methyl sites for hydroxylation is 1. The number of amides is 3.